The molecule has 4 aromatic rings. The average Bonchev–Trinajstić information content (AvgIpc) is 3.40. The van der Waals surface area contributed by atoms with Gasteiger partial charge in [-0.3, -0.25) is 9.69 Å². The van der Waals surface area contributed by atoms with Gasteiger partial charge in [-0.25, -0.2) is 4.99 Å². The summed E-state index contributed by atoms with van der Waals surface area (Å²) in [6.07, 6.45) is 3.78. The Balaban J connectivity index is 1.44. The molecule has 0 aliphatic carbocycles. The third kappa shape index (κ3) is 5.31. The third-order valence-corrected chi connectivity index (χ3v) is 6.97. The summed E-state index contributed by atoms with van der Waals surface area (Å²) in [4.78, 5) is 20.9. The van der Waals surface area contributed by atoms with E-state index in [1.54, 1.807) is 0 Å². The van der Waals surface area contributed by atoms with Crippen LogP contribution in [-0.4, -0.2) is 27.1 Å². The highest BCUT2D eigenvalue weighted by Crippen LogP contribution is 2.35. The van der Waals surface area contributed by atoms with E-state index in [9.17, 15) is 4.79 Å². The predicted octanol–water partition coefficient (Wildman–Crippen LogP) is 7.02. The van der Waals surface area contributed by atoms with Crippen molar-refractivity contribution in [3.63, 3.8) is 0 Å². The molecule has 4 nitrogen and oxygen atoms in total. The monoisotopic (exact) mass is 477 g/mol. The summed E-state index contributed by atoms with van der Waals surface area (Å²) in [5, 5.41) is 0.732. The smallest absolute Gasteiger partial charge is 0.266 e. The number of nitrogens with zero attached hydrogens (tertiary/aromatic N) is 3. The number of amides is 1. The summed E-state index contributed by atoms with van der Waals surface area (Å²) in [5.74, 6) is 0.0104. The van der Waals surface area contributed by atoms with Crippen LogP contribution in [0.5, 0.6) is 0 Å². The zero-order valence-electron chi connectivity index (χ0n) is 19.7. The van der Waals surface area contributed by atoms with Gasteiger partial charge in [0.1, 0.15) is 0 Å². The Kier molecular flexibility index (Phi) is 6.96. The van der Waals surface area contributed by atoms with Crippen LogP contribution in [0.1, 0.15) is 23.4 Å². The first-order valence-corrected chi connectivity index (χ1v) is 12.6. The van der Waals surface area contributed by atoms with Crippen molar-refractivity contribution in [1.29, 1.82) is 0 Å². The Bertz CT molecular complexity index is 1360. The maximum atomic E-state index is 13.6. The van der Waals surface area contributed by atoms with Crippen molar-refractivity contribution in [3.05, 3.63) is 125 Å². The Labute approximate surface area is 210 Å². The molecule has 1 aliphatic heterocycles. The Morgan fingerprint density at radius 3 is 2.20 bits per heavy atom. The number of aliphatic imine (C=N–C) groups is 1. The van der Waals surface area contributed by atoms with E-state index < -0.39 is 0 Å². The molecule has 0 unspecified atom stereocenters. The number of hydrogen-bond acceptors (Lipinski definition) is 3. The molecule has 0 atom stereocenters. The third-order valence-electron chi connectivity index (χ3n) is 5.96. The lowest BCUT2D eigenvalue weighted by Crippen LogP contribution is -2.30. The highest BCUT2D eigenvalue weighted by atomic mass is 32.2. The second-order valence-electron chi connectivity index (χ2n) is 8.46. The van der Waals surface area contributed by atoms with E-state index in [-0.39, 0.29) is 5.91 Å². The van der Waals surface area contributed by atoms with Crippen molar-refractivity contribution in [2.75, 3.05) is 6.54 Å². The Hall–Kier alpha value is -3.83. The van der Waals surface area contributed by atoms with E-state index in [4.69, 9.17) is 4.99 Å². The second kappa shape index (κ2) is 10.6. The van der Waals surface area contributed by atoms with Crippen LogP contribution in [0, 0.1) is 6.92 Å². The van der Waals surface area contributed by atoms with Gasteiger partial charge >= 0.3 is 0 Å². The first kappa shape index (κ1) is 22.9. The van der Waals surface area contributed by atoms with Crippen LogP contribution < -0.4 is 0 Å². The minimum Gasteiger partial charge on any atom is -0.314 e. The van der Waals surface area contributed by atoms with Gasteiger partial charge in [0.25, 0.3) is 5.91 Å². The lowest BCUT2D eigenvalue weighted by Gasteiger charge is -2.15. The second-order valence-corrected chi connectivity index (χ2v) is 9.47. The lowest BCUT2D eigenvalue weighted by molar-refractivity contribution is -0.122. The molecule has 1 saturated heterocycles. The number of aromatic nitrogens is 1. The quantitative estimate of drug-likeness (QED) is 0.268. The minimum atomic E-state index is 0.0104. The number of rotatable bonds is 7. The number of benzene rings is 3. The summed E-state index contributed by atoms with van der Waals surface area (Å²) >= 11 is 1.45. The van der Waals surface area contributed by atoms with Crippen molar-refractivity contribution in [1.82, 2.24) is 9.47 Å². The molecule has 174 valence electrons. The van der Waals surface area contributed by atoms with E-state index in [1.165, 1.54) is 17.3 Å². The van der Waals surface area contributed by atoms with Gasteiger partial charge in [-0.1, -0.05) is 66.7 Å². The molecule has 1 aliphatic rings. The Morgan fingerprint density at radius 1 is 0.829 bits per heavy atom. The molecule has 2 heterocycles. The summed E-state index contributed by atoms with van der Waals surface area (Å²) < 4.78 is 2.17. The van der Waals surface area contributed by atoms with Gasteiger partial charge in [0.05, 0.1) is 10.6 Å². The zero-order valence-corrected chi connectivity index (χ0v) is 20.5. The molecule has 0 spiro atoms. The van der Waals surface area contributed by atoms with Crippen molar-refractivity contribution in [2.24, 2.45) is 4.99 Å². The number of hydrogen-bond donors (Lipinski definition) is 0. The van der Waals surface area contributed by atoms with Gasteiger partial charge in [0.15, 0.2) is 5.17 Å². The number of aryl methyl sites for hydroxylation is 2. The molecule has 0 N–H and O–H groups in total. The molecule has 0 saturated carbocycles. The summed E-state index contributed by atoms with van der Waals surface area (Å²) in [7, 11) is 0. The standard InChI is InChI=1S/C30H27N3OS/c1-23-19-20-27(33(23)26-17-9-4-10-18-26)22-28-29(34)32(21-11-14-24-12-5-2-6-13-24)30(35-28)31-25-15-7-3-8-16-25/h2-10,12-13,15-20,22H,11,14,21H2,1H3/b28-22-,31-30?. The van der Waals surface area contributed by atoms with Crippen LogP contribution in [-0.2, 0) is 11.2 Å². The summed E-state index contributed by atoms with van der Waals surface area (Å²) in [5.41, 5.74) is 5.31. The highest BCUT2D eigenvalue weighted by molar-refractivity contribution is 8.18. The molecule has 5 rings (SSSR count). The van der Waals surface area contributed by atoms with E-state index >= 15 is 0 Å². The highest BCUT2D eigenvalue weighted by Gasteiger charge is 2.33. The molecule has 1 aromatic heterocycles. The van der Waals surface area contributed by atoms with Crippen LogP contribution in [0.4, 0.5) is 5.69 Å². The van der Waals surface area contributed by atoms with Gasteiger partial charge in [0, 0.05) is 23.6 Å². The van der Waals surface area contributed by atoms with E-state index in [0.29, 0.717) is 11.4 Å². The molecule has 35 heavy (non-hydrogen) atoms. The normalized spacial score (nSPS) is 15.9. The minimum absolute atomic E-state index is 0.0104. The average molecular weight is 478 g/mol. The van der Waals surface area contributed by atoms with Gasteiger partial charge < -0.3 is 4.57 Å². The molecule has 1 amide bonds. The fourth-order valence-electron chi connectivity index (χ4n) is 4.22. The van der Waals surface area contributed by atoms with E-state index in [1.807, 2.05) is 65.6 Å². The molecular formula is C30H27N3OS. The first-order valence-electron chi connectivity index (χ1n) is 11.8. The number of carbonyl (C=O) groups excluding carboxylic acids is 1. The zero-order chi connectivity index (χ0) is 24.0. The van der Waals surface area contributed by atoms with Crippen LogP contribution >= 0.6 is 11.8 Å². The molecular weight excluding hydrogens is 450 g/mol. The van der Waals surface area contributed by atoms with Gasteiger partial charge in [-0.05, 0) is 79.6 Å². The SMILES string of the molecule is Cc1ccc(/C=C2\SC(=Nc3ccccc3)N(CCCc3ccccc3)C2=O)n1-c1ccccc1. The van der Waals surface area contributed by atoms with Crippen LogP contribution in [0.2, 0.25) is 0 Å². The van der Waals surface area contributed by atoms with Crippen LogP contribution in [0.15, 0.2) is 113 Å². The van der Waals surface area contributed by atoms with Crippen molar-refractivity contribution >= 4 is 34.6 Å². The Morgan fingerprint density at radius 2 is 1.49 bits per heavy atom. The number of para-hydroxylation sites is 2. The molecule has 0 bridgehead atoms. The maximum absolute atomic E-state index is 13.6. The molecule has 0 radical (unpaired) electrons. The largest absolute Gasteiger partial charge is 0.314 e. The fourth-order valence-corrected chi connectivity index (χ4v) is 5.23. The van der Waals surface area contributed by atoms with Crippen LogP contribution in [0.3, 0.4) is 0 Å². The topological polar surface area (TPSA) is 37.6 Å². The maximum Gasteiger partial charge on any atom is 0.266 e. The lowest BCUT2D eigenvalue weighted by atomic mass is 10.1. The van der Waals surface area contributed by atoms with Gasteiger partial charge in [0.2, 0.25) is 0 Å². The van der Waals surface area contributed by atoms with Gasteiger partial charge in [-0.15, -0.1) is 0 Å². The molecule has 5 heteroatoms. The van der Waals surface area contributed by atoms with Crippen molar-refractivity contribution in [2.45, 2.75) is 19.8 Å². The molecule has 3 aromatic carbocycles. The van der Waals surface area contributed by atoms with Crippen molar-refractivity contribution in [3.8, 4) is 5.69 Å². The number of thioether (sulfide) groups is 1. The number of carbonyl (C=O) groups is 1. The van der Waals surface area contributed by atoms with E-state index in [2.05, 4.69) is 60.0 Å². The van der Waals surface area contributed by atoms with E-state index in [0.717, 1.165) is 40.8 Å². The fraction of sp³-hybridized carbons (Fsp3) is 0.133. The predicted molar refractivity (Wildman–Crippen MR) is 146 cm³/mol. The number of amidine groups is 1. The van der Waals surface area contributed by atoms with Gasteiger partial charge in [-0.2, -0.15) is 0 Å². The summed E-state index contributed by atoms with van der Waals surface area (Å²) in [6, 6.07) is 34.6. The van der Waals surface area contributed by atoms with Crippen molar-refractivity contribution < 1.29 is 4.79 Å². The molecule has 1 fully saturated rings. The van der Waals surface area contributed by atoms with Crippen LogP contribution in [0.25, 0.3) is 11.8 Å². The first-order chi connectivity index (χ1) is 17.2. The summed E-state index contributed by atoms with van der Waals surface area (Å²) in [6.45, 7) is 2.71.